The molecule has 2 aliphatic rings. The van der Waals surface area contributed by atoms with E-state index in [2.05, 4.69) is 26.6 Å². The lowest BCUT2D eigenvalue weighted by Gasteiger charge is -2.35. The van der Waals surface area contributed by atoms with E-state index in [4.69, 9.17) is 21.1 Å². The molecular formula is C21H33ClN4O2. The van der Waals surface area contributed by atoms with Gasteiger partial charge in [-0.1, -0.05) is 23.7 Å². The van der Waals surface area contributed by atoms with Crippen LogP contribution in [-0.2, 0) is 9.47 Å². The summed E-state index contributed by atoms with van der Waals surface area (Å²) in [6, 6.07) is 8.42. The van der Waals surface area contributed by atoms with Crippen LogP contribution in [0.1, 0.15) is 32.1 Å². The lowest BCUT2D eigenvalue weighted by atomic mass is 10.0. The van der Waals surface area contributed by atoms with Gasteiger partial charge in [0.25, 0.3) is 0 Å². The highest BCUT2D eigenvalue weighted by atomic mass is 35.5. The minimum Gasteiger partial charge on any atom is -0.381 e. The molecule has 1 atom stereocenters. The molecule has 0 bridgehead atoms. The summed E-state index contributed by atoms with van der Waals surface area (Å²) in [6.45, 7) is 5.25. The predicted molar refractivity (Wildman–Crippen MR) is 116 cm³/mol. The van der Waals surface area contributed by atoms with Gasteiger partial charge in [-0.15, -0.1) is 0 Å². The number of nitrogens with zero attached hydrogens (tertiary/aromatic N) is 2. The molecule has 6 nitrogen and oxygen atoms in total. The number of guanidine groups is 1. The zero-order valence-corrected chi connectivity index (χ0v) is 17.6. The lowest BCUT2D eigenvalue weighted by Crippen LogP contribution is -2.51. The highest BCUT2D eigenvalue weighted by Gasteiger charge is 2.22. The first kappa shape index (κ1) is 21.2. The number of rotatable bonds is 7. The Bertz CT molecular complexity index is 622. The van der Waals surface area contributed by atoms with Crippen LogP contribution in [0.4, 0.5) is 5.69 Å². The third-order valence-corrected chi connectivity index (χ3v) is 5.63. The molecule has 2 aliphatic heterocycles. The van der Waals surface area contributed by atoms with E-state index in [0.717, 1.165) is 88.2 Å². The zero-order valence-electron chi connectivity index (χ0n) is 16.8. The zero-order chi connectivity index (χ0) is 19.6. The molecule has 28 heavy (non-hydrogen) atoms. The molecule has 1 unspecified atom stereocenters. The average Bonchev–Trinajstić information content (AvgIpc) is 2.74. The molecule has 1 aromatic rings. The minimum atomic E-state index is 0.356. The van der Waals surface area contributed by atoms with Gasteiger partial charge in [-0.2, -0.15) is 0 Å². The second-order valence-electron chi connectivity index (χ2n) is 7.42. The van der Waals surface area contributed by atoms with Crippen molar-refractivity contribution >= 4 is 23.2 Å². The lowest BCUT2D eigenvalue weighted by molar-refractivity contribution is -0.0320. The fourth-order valence-corrected chi connectivity index (χ4v) is 4.04. The first-order valence-electron chi connectivity index (χ1n) is 10.4. The Labute approximate surface area is 173 Å². The number of nitrogens with one attached hydrogen (secondary N) is 2. The number of piperidine rings is 1. The number of halogens is 1. The Morgan fingerprint density at radius 1 is 1.29 bits per heavy atom. The van der Waals surface area contributed by atoms with Crippen molar-refractivity contribution < 1.29 is 9.47 Å². The summed E-state index contributed by atoms with van der Waals surface area (Å²) in [5.74, 6) is 0.858. The summed E-state index contributed by atoms with van der Waals surface area (Å²) in [6.07, 6.45) is 5.63. The highest BCUT2D eigenvalue weighted by molar-refractivity contribution is 6.33. The standard InChI is InChI=1S/C21H33ClN4O2/c1-23-21(24-11-5-13-28-18-9-14-27-15-10-18)25-17-6-4-12-26(16-17)20-8-3-2-7-19(20)22/h2-3,7-8,17-18H,4-6,9-16H2,1H3,(H2,23,24,25). The van der Waals surface area contributed by atoms with Crippen molar-refractivity contribution in [2.75, 3.05) is 51.4 Å². The molecule has 0 aromatic heterocycles. The molecular weight excluding hydrogens is 376 g/mol. The molecule has 2 N–H and O–H groups in total. The summed E-state index contributed by atoms with van der Waals surface area (Å²) >= 11 is 6.38. The summed E-state index contributed by atoms with van der Waals surface area (Å²) < 4.78 is 11.3. The van der Waals surface area contributed by atoms with E-state index in [1.54, 1.807) is 0 Å². The van der Waals surface area contributed by atoms with Gasteiger partial charge in [0, 0.05) is 52.5 Å². The maximum Gasteiger partial charge on any atom is 0.191 e. The number of aliphatic imine (C=N–C) groups is 1. The molecule has 0 radical (unpaired) electrons. The molecule has 1 aromatic carbocycles. The van der Waals surface area contributed by atoms with Gasteiger partial charge < -0.3 is 25.0 Å². The number of ether oxygens (including phenoxy) is 2. The number of benzene rings is 1. The van der Waals surface area contributed by atoms with Crippen molar-refractivity contribution in [3.05, 3.63) is 29.3 Å². The molecule has 0 amide bonds. The smallest absolute Gasteiger partial charge is 0.191 e. The fraction of sp³-hybridized carbons (Fsp3) is 0.667. The SMILES string of the molecule is CN=C(NCCCOC1CCOCC1)NC1CCCN(c2ccccc2Cl)C1. The maximum atomic E-state index is 6.38. The van der Waals surface area contributed by atoms with E-state index in [0.29, 0.717) is 12.1 Å². The van der Waals surface area contributed by atoms with Crippen molar-refractivity contribution in [2.24, 2.45) is 4.99 Å². The van der Waals surface area contributed by atoms with Crippen LogP contribution in [0.25, 0.3) is 0 Å². The van der Waals surface area contributed by atoms with E-state index < -0.39 is 0 Å². The van der Waals surface area contributed by atoms with Gasteiger partial charge in [0.05, 0.1) is 16.8 Å². The van der Waals surface area contributed by atoms with Gasteiger partial charge in [-0.25, -0.2) is 0 Å². The normalized spacial score (nSPS) is 21.6. The molecule has 2 fully saturated rings. The van der Waals surface area contributed by atoms with Gasteiger partial charge in [0.1, 0.15) is 0 Å². The quantitative estimate of drug-likeness (QED) is 0.412. The molecule has 3 rings (SSSR count). The second kappa shape index (κ2) is 11.5. The van der Waals surface area contributed by atoms with E-state index in [-0.39, 0.29) is 0 Å². The van der Waals surface area contributed by atoms with E-state index in [1.165, 1.54) is 0 Å². The van der Waals surface area contributed by atoms with Crippen molar-refractivity contribution in [1.82, 2.24) is 10.6 Å². The molecule has 2 heterocycles. The molecule has 0 aliphatic carbocycles. The van der Waals surface area contributed by atoms with Crippen LogP contribution >= 0.6 is 11.6 Å². The molecule has 2 saturated heterocycles. The van der Waals surface area contributed by atoms with Crippen molar-refractivity contribution in [1.29, 1.82) is 0 Å². The Hall–Kier alpha value is -1.50. The molecule has 0 saturated carbocycles. The Kier molecular flexibility index (Phi) is 8.70. The monoisotopic (exact) mass is 408 g/mol. The van der Waals surface area contributed by atoms with Gasteiger partial charge in [-0.3, -0.25) is 4.99 Å². The Morgan fingerprint density at radius 2 is 2.11 bits per heavy atom. The van der Waals surface area contributed by atoms with Crippen molar-refractivity contribution in [3.63, 3.8) is 0 Å². The van der Waals surface area contributed by atoms with Crippen molar-refractivity contribution in [3.8, 4) is 0 Å². The first-order chi connectivity index (χ1) is 13.8. The summed E-state index contributed by atoms with van der Waals surface area (Å²) in [5.41, 5.74) is 1.11. The van der Waals surface area contributed by atoms with Gasteiger partial charge in [-0.05, 0) is 44.2 Å². The minimum absolute atomic E-state index is 0.356. The molecule has 156 valence electrons. The Morgan fingerprint density at radius 3 is 2.89 bits per heavy atom. The van der Waals surface area contributed by atoms with E-state index in [9.17, 15) is 0 Å². The third kappa shape index (κ3) is 6.54. The second-order valence-corrected chi connectivity index (χ2v) is 7.82. The number of para-hydroxylation sites is 1. The fourth-order valence-electron chi connectivity index (χ4n) is 3.78. The average molecular weight is 409 g/mol. The highest BCUT2D eigenvalue weighted by Crippen LogP contribution is 2.27. The number of hydrogen-bond acceptors (Lipinski definition) is 4. The van der Waals surface area contributed by atoms with Crippen LogP contribution < -0.4 is 15.5 Å². The van der Waals surface area contributed by atoms with Gasteiger partial charge >= 0.3 is 0 Å². The van der Waals surface area contributed by atoms with Crippen LogP contribution in [-0.4, -0.2) is 64.6 Å². The number of hydrogen-bond donors (Lipinski definition) is 2. The van der Waals surface area contributed by atoms with Crippen LogP contribution in [0.5, 0.6) is 0 Å². The van der Waals surface area contributed by atoms with Crippen LogP contribution in [0.2, 0.25) is 5.02 Å². The van der Waals surface area contributed by atoms with Crippen LogP contribution in [0, 0.1) is 0 Å². The third-order valence-electron chi connectivity index (χ3n) is 5.31. The van der Waals surface area contributed by atoms with E-state index in [1.807, 2.05) is 25.2 Å². The van der Waals surface area contributed by atoms with Gasteiger partial charge in [0.15, 0.2) is 5.96 Å². The van der Waals surface area contributed by atoms with Crippen molar-refractivity contribution in [2.45, 2.75) is 44.2 Å². The van der Waals surface area contributed by atoms with Gasteiger partial charge in [0.2, 0.25) is 0 Å². The van der Waals surface area contributed by atoms with E-state index >= 15 is 0 Å². The maximum absolute atomic E-state index is 6.38. The number of anilines is 1. The summed E-state index contributed by atoms with van der Waals surface area (Å²) in [7, 11) is 1.82. The van der Waals surface area contributed by atoms with Crippen LogP contribution in [0.3, 0.4) is 0 Å². The largest absolute Gasteiger partial charge is 0.381 e. The summed E-state index contributed by atoms with van der Waals surface area (Å²) in [4.78, 5) is 6.74. The molecule has 0 spiro atoms. The molecule has 7 heteroatoms. The topological polar surface area (TPSA) is 58.1 Å². The summed E-state index contributed by atoms with van der Waals surface area (Å²) in [5, 5.41) is 7.79. The Balaban J connectivity index is 1.37. The predicted octanol–water partition coefficient (Wildman–Crippen LogP) is 3.06. The first-order valence-corrected chi connectivity index (χ1v) is 10.8. The van der Waals surface area contributed by atoms with Crippen LogP contribution in [0.15, 0.2) is 29.3 Å².